The summed E-state index contributed by atoms with van der Waals surface area (Å²) in [5, 5.41) is 24.9. The van der Waals surface area contributed by atoms with Gasteiger partial charge in [0.15, 0.2) is 4.34 Å². The summed E-state index contributed by atoms with van der Waals surface area (Å²) in [6, 6.07) is 16.9. The fraction of sp³-hybridized carbons (Fsp3) is 0.280. The van der Waals surface area contributed by atoms with Crippen molar-refractivity contribution in [2.45, 2.75) is 37.3 Å². The molecule has 0 saturated heterocycles. The first-order valence-corrected chi connectivity index (χ1v) is 13.6. The summed E-state index contributed by atoms with van der Waals surface area (Å²) in [4.78, 5) is 13.3. The highest BCUT2D eigenvalue weighted by atomic mass is 32.2. The molecule has 0 spiro atoms. The number of tetrazole rings is 1. The molecule has 0 fully saturated rings. The molecule has 10 nitrogen and oxygen atoms in total. The first kappa shape index (κ1) is 24.9. The second-order valence-corrected chi connectivity index (χ2v) is 10.6. The zero-order chi connectivity index (χ0) is 25.8. The third-order valence-corrected chi connectivity index (χ3v) is 7.54. The number of carbonyl (C=O) groups is 1. The molecule has 2 aromatic carbocycles. The number of nitrogens with one attached hydrogen (secondary N) is 1. The molecule has 1 aliphatic heterocycles. The average molecular weight is 536 g/mol. The van der Waals surface area contributed by atoms with Crippen molar-refractivity contribution >= 4 is 35.0 Å². The number of thioether (sulfide) groups is 1. The van der Waals surface area contributed by atoms with E-state index in [1.165, 1.54) is 23.1 Å². The molecule has 5 rings (SSSR count). The van der Waals surface area contributed by atoms with Gasteiger partial charge in [-0.1, -0.05) is 70.7 Å². The van der Waals surface area contributed by atoms with Gasteiger partial charge < -0.3 is 14.8 Å². The number of hydrogen-bond acceptors (Lipinski definition) is 11. The lowest BCUT2D eigenvalue weighted by Gasteiger charge is -2.28. The number of rotatable bonds is 9. The molecule has 12 heteroatoms. The Hall–Kier alpha value is -3.77. The van der Waals surface area contributed by atoms with Gasteiger partial charge in [0, 0.05) is 17.0 Å². The normalized spacial score (nSPS) is 14.9. The van der Waals surface area contributed by atoms with E-state index < -0.39 is 12.0 Å². The van der Waals surface area contributed by atoms with Crippen molar-refractivity contribution in [3.63, 3.8) is 0 Å². The fourth-order valence-corrected chi connectivity index (χ4v) is 5.76. The molecule has 1 unspecified atom stereocenters. The maximum atomic E-state index is 13.3. The Labute approximate surface area is 222 Å². The van der Waals surface area contributed by atoms with E-state index in [2.05, 4.69) is 31.0 Å². The van der Waals surface area contributed by atoms with Crippen molar-refractivity contribution in [1.29, 1.82) is 0 Å². The molecule has 190 valence electrons. The highest BCUT2D eigenvalue weighted by Crippen LogP contribution is 2.38. The number of benzene rings is 2. The summed E-state index contributed by atoms with van der Waals surface area (Å²) >= 11 is 2.98. The molecule has 1 N–H and O–H groups in total. The van der Waals surface area contributed by atoms with Crippen LogP contribution in [-0.2, 0) is 9.53 Å². The molecule has 2 aromatic heterocycles. The van der Waals surface area contributed by atoms with E-state index >= 15 is 0 Å². The quantitative estimate of drug-likeness (QED) is 0.241. The van der Waals surface area contributed by atoms with E-state index in [1.54, 1.807) is 11.6 Å². The Morgan fingerprint density at radius 3 is 2.76 bits per heavy atom. The number of hydrogen-bond donors (Lipinski definition) is 1. The average Bonchev–Trinajstić information content (AvgIpc) is 3.56. The van der Waals surface area contributed by atoms with Gasteiger partial charge in [-0.15, -0.1) is 10.2 Å². The van der Waals surface area contributed by atoms with Gasteiger partial charge in [-0.25, -0.2) is 4.79 Å². The number of carbonyl (C=O) groups excluding carboxylic acids is 1. The van der Waals surface area contributed by atoms with Crippen molar-refractivity contribution in [3.8, 4) is 16.3 Å². The standard InChI is InChI=1S/C25H25N7O3S2/c1-4-34-23(33)20-19(14-36-25-29-27-22(37-25)16-9-6-5-7-10-16)26-24-28-30-31-32(24)21(20)17-11-8-12-18(13-17)35-15(2)3/h5-13,15,21H,4,14H2,1-3H3,(H,26,28,31). The van der Waals surface area contributed by atoms with Crippen LogP contribution >= 0.6 is 23.1 Å². The van der Waals surface area contributed by atoms with E-state index in [1.807, 2.05) is 68.4 Å². The van der Waals surface area contributed by atoms with Crippen LogP contribution in [0, 0.1) is 0 Å². The first-order chi connectivity index (χ1) is 18.0. The molecule has 0 radical (unpaired) electrons. The van der Waals surface area contributed by atoms with Crippen LogP contribution in [-0.4, -0.2) is 54.8 Å². The van der Waals surface area contributed by atoms with Gasteiger partial charge in [-0.2, -0.15) is 4.68 Å². The third kappa shape index (κ3) is 5.49. The summed E-state index contributed by atoms with van der Waals surface area (Å²) in [5.74, 6) is 1.12. The van der Waals surface area contributed by atoms with Crippen LogP contribution in [0.4, 0.5) is 5.95 Å². The number of fused-ring (bicyclic) bond motifs is 1. The van der Waals surface area contributed by atoms with E-state index in [-0.39, 0.29) is 12.7 Å². The topological polar surface area (TPSA) is 117 Å². The number of nitrogens with zero attached hydrogens (tertiary/aromatic N) is 6. The molecule has 4 aromatic rings. The number of ether oxygens (including phenoxy) is 2. The maximum Gasteiger partial charge on any atom is 0.338 e. The van der Waals surface area contributed by atoms with Crippen LogP contribution in [0.2, 0.25) is 0 Å². The van der Waals surface area contributed by atoms with Crippen molar-refractivity contribution in [2.24, 2.45) is 0 Å². The van der Waals surface area contributed by atoms with Gasteiger partial charge in [0.25, 0.3) is 0 Å². The molecule has 37 heavy (non-hydrogen) atoms. The third-order valence-electron chi connectivity index (χ3n) is 5.41. The Balaban J connectivity index is 1.50. The lowest BCUT2D eigenvalue weighted by Crippen LogP contribution is -2.31. The smallest absolute Gasteiger partial charge is 0.338 e. The molecule has 0 saturated carbocycles. The van der Waals surface area contributed by atoms with Crippen LogP contribution < -0.4 is 10.1 Å². The minimum Gasteiger partial charge on any atom is -0.491 e. The van der Waals surface area contributed by atoms with Crippen molar-refractivity contribution < 1.29 is 14.3 Å². The summed E-state index contributed by atoms with van der Waals surface area (Å²) < 4.78 is 13.8. The zero-order valence-electron chi connectivity index (χ0n) is 20.5. The van der Waals surface area contributed by atoms with Crippen molar-refractivity contribution in [1.82, 2.24) is 30.4 Å². The van der Waals surface area contributed by atoms with Crippen LogP contribution in [0.25, 0.3) is 10.6 Å². The summed E-state index contributed by atoms with van der Waals surface area (Å²) in [6.07, 6.45) is 0.00610. The van der Waals surface area contributed by atoms with Gasteiger partial charge in [0.2, 0.25) is 5.95 Å². The number of esters is 1. The van der Waals surface area contributed by atoms with E-state index in [4.69, 9.17) is 9.47 Å². The molecule has 0 amide bonds. The van der Waals surface area contributed by atoms with Crippen LogP contribution in [0.1, 0.15) is 32.4 Å². The van der Waals surface area contributed by atoms with Gasteiger partial charge in [0.1, 0.15) is 16.8 Å². The van der Waals surface area contributed by atoms with Crippen molar-refractivity contribution in [3.05, 3.63) is 71.4 Å². The predicted octanol–water partition coefficient (Wildman–Crippen LogP) is 4.60. The largest absolute Gasteiger partial charge is 0.491 e. The Bertz CT molecular complexity index is 1420. The Kier molecular flexibility index (Phi) is 7.47. The van der Waals surface area contributed by atoms with E-state index in [9.17, 15) is 4.79 Å². The molecule has 3 heterocycles. The molecule has 1 aliphatic rings. The van der Waals surface area contributed by atoms with E-state index in [0.29, 0.717) is 28.7 Å². The number of anilines is 1. The lowest BCUT2D eigenvalue weighted by atomic mass is 9.95. The minimum atomic E-state index is -0.592. The van der Waals surface area contributed by atoms with Gasteiger partial charge >= 0.3 is 5.97 Å². The van der Waals surface area contributed by atoms with Crippen LogP contribution in [0.5, 0.6) is 5.75 Å². The van der Waals surface area contributed by atoms with Crippen molar-refractivity contribution in [2.75, 3.05) is 17.7 Å². The van der Waals surface area contributed by atoms with Gasteiger partial charge in [0.05, 0.1) is 18.3 Å². The molecule has 0 bridgehead atoms. The SMILES string of the molecule is CCOC(=O)C1=C(CSc2nnc(-c3ccccc3)s2)Nc2nnnn2C1c1cccc(OC(C)C)c1. The van der Waals surface area contributed by atoms with Crippen LogP contribution in [0.3, 0.4) is 0 Å². The molecular formula is C25H25N7O3S2. The fourth-order valence-electron chi connectivity index (χ4n) is 3.93. The predicted molar refractivity (Wildman–Crippen MR) is 142 cm³/mol. The highest BCUT2D eigenvalue weighted by Gasteiger charge is 2.36. The van der Waals surface area contributed by atoms with Gasteiger partial charge in [-0.3, -0.25) is 0 Å². The van der Waals surface area contributed by atoms with Crippen LogP contribution in [0.15, 0.2) is 70.2 Å². The van der Waals surface area contributed by atoms with E-state index in [0.717, 1.165) is 20.5 Å². The van der Waals surface area contributed by atoms with Gasteiger partial charge in [-0.05, 0) is 48.9 Å². The minimum absolute atomic E-state index is 0.00610. The maximum absolute atomic E-state index is 13.3. The molecule has 0 aliphatic carbocycles. The first-order valence-electron chi connectivity index (χ1n) is 11.8. The Morgan fingerprint density at radius 1 is 1.14 bits per heavy atom. The zero-order valence-corrected chi connectivity index (χ0v) is 22.1. The highest BCUT2D eigenvalue weighted by molar-refractivity contribution is 8.01. The Morgan fingerprint density at radius 2 is 1.97 bits per heavy atom. The summed E-state index contributed by atoms with van der Waals surface area (Å²) in [6.45, 7) is 5.95. The number of aromatic nitrogens is 6. The monoisotopic (exact) mass is 535 g/mol. The molecular weight excluding hydrogens is 510 g/mol. The molecule has 1 atom stereocenters. The second kappa shape index (κ2) is 11.1. The summed E-state index contributed by atoms with van der Waals surface area (Å²) in [7, 11) is 0. The second-order valence-electron chi connectivity index (χ2n) is 8.35. The summed E-state index contributed by atoms with van der Waals surface area (Å²) in [5.41, 5.74) is 2.91. The lowest BCUT2D eigenvalue weighted by molar-refractivity contribution is -0.139.